The van der Waals surface area contributed by atoms with Crippen LogP contribution in [0.25, 0.3) is 0 Å². The number of nitrogens with zero attached hydrogens (tertiary/aromatic N) is 1. The zero-order valence-electron chi connectivity index (χ0n) is 17.1. The average molecular weight is 450 g/mol. The van der Waals surface area contributed by atoms with E-state index >= 15 is 0 Å². The van der Waals surface area contributed by atoms with Crippen molar-refractivity contribution in [3.8, 4) is 5.75 Å². The Labute approximate surface area is 182 Å². The Hall–Kier alpha value is -3.56. The Morgan fingerprint density at radius 1 is 1.16 bits per heavy atom. The van der Waals surface area contributed by atoms with Crippen LogP contribution in [0.4, 0.5) is 24.5 Å². The number of carbonyl (C=O) groups excluding carboxylic acids is 3. The predicted octanol–water partition coefficient (Wildman–Crippen LogP) is 3.64. The average Bonchev–Trinajstić information content (AvgIpc) is 3.14. The Balaban J connectivity index is 1.52. The van der Waals surface area contributed by atoms with Gasteiger partial charge in [-0.15, -0.1) is 0 Å². The molecule has 32 heavy (non-hydrogen) atoms. The molecule has 0 bridgehead atoms. The van der Waals surface area contributed by atoms with Crippen molar-refractivity contribution in [2.45, 2.75) is 19.5 Å². The molecule has 0 radical (unpaired) electrons. The van der Waals surface area contributed by atoms with E-state index in [4.69, 9.17) is 9.47 Å². The number of alkyl halides is 3. The number of amides is 2. The molecule has 1 atom stereocenters. The molecule has 0 unspecified atom stereocenters. The molecule has 7 nitrogen and oxygen atoms in total. The maximum absolute atomic E-state index is 12.8. The van der Waals surface area contributed by atoms with Crippen LogP contribution in [0.2, 0.25) is 0 Å². The standard InChI is InChI=1S/C22H21F3N2O5/c1-2-31-18-8-6-17(7-9-18)27-12-14(10-20(27)29)21(30)32-13-19(28)26-16-5-3-4-15(11-16)22(23,24)25/h3-9,11,14H,2,10,12-13H2,1H3,(H,26,28)/t14-/m0/s1. The van der Waals surface area contributed by atoms with Gasteiger partial charge in [0.15, 0.2) is 6.61 Å². The van der Waals surface area contributed by atoms with Crippen LogP contribution < -0.4 is 15.0 Å². The maximum atomic E-state index is 12.8. The van der Waals surface area contributed by atoms with E-state index in [9.17, 15) is 27.6 Å². The summed E-state index contributed by atoms with van der Waals surface area (Å²) in [4.78, 5) is 38.0. The summed E-state index contributed by atoms with van der Waals surface area (Å²) in [5.74, 6) is -1.87. The molecule has 10 heteroatoms. The number of halogens is 3. The van der Waals surface area contributed by atoms with Crippen molar-refractivity contribution >= 4 is 29.2 Å². The van der Waals surface area contributed by atoms with E-state index in [0.717, 1.165) is 18.2 Å². The third kappa shape index (κ3) is 5.77. The molecule has 1 saturated heterocycles. The number of ether oxygens (including phenoxy) is 2. The van der Waals surface area contributed by atoms with Crippen molar-refractivity contribution in [3.63, 3.8) is 0 Å². The summed E-state index contributed by atoms with van der Waals surface area (Å²) < 4.78 is 48.6. The molecule has 2 amide bonds. The van der Waals surface area contributed by atoms with E-state index in [2.05, 4.69) is 5.32 Å². The summed E-state index contributed by atoms with van der Waals surface area (Å²) >= 11 is 0. The molecule has 1 heterocycles. The van der Waals surface area contributed by atoms with Crippen molar-refractivity contribution in [1.82, 2.24) is 0 Å². The lowest BCUT2D eigenvalue weighted by atomic mass is 10.1. The summed E-state index contributed by atoms with van der Waals surface area (Å²) in [6, 6.07) is 11.0. The largest absolute Gasteiger partial charge is 0.494 e. The molecular formula is C22H21F3N2O5. The van der Waals surface area contributed by atoms with Crippen LogP contribution in [0, 0.1) is 5.92 Å². The molecule has 0 saturated carbocycles. The van der Waals surface area contributed by atoms with Gasteiger partial charge < -0.3 is 19.7 Å². The molecule has 0 aromatic heterocycles. The fraction of sp³-hybridized carbons (Fsp3) is 0.318. The van der Waals surface area contributed by atoms with Crippen molar-refractivity contribution < 1.29 is 37.0 Å². The van der Waals surface area contributed by atoms with Gasteiger partial charge in [-0.05, 0) is 49.4 Å². The number of anilines is 2. The minimum absolute atomic E-state index is 0.0682. The van der Waals surface area contributed by atoms with E-state index in [1.54, 1.807) is 24.3 Å². The smallest absolute Gasteiger partial charge is 0.416 e. The first-order valence-electron chi connectivity index (χ1n) is 9.84. The zero-order chi connectivity index (χ0) is 23.3. The van der Waals surface area contributed by atoms with E-state index in [0.29, 0.717) is 18.0 Å². The molecule has 0 spiro atoms. The number of benzene rings is 2. The van der Waals surface area contributed by atoms with Crippen LogP contribution in [-0.2, 0) is 25.3 Å². The molecule has 1 aliphatic heterocycles. The summed E-state index contributed by atoms with van der Waals surface area (Å²) in [5.41, 5.74) is -0.374. The van der Waals surface area contributed by atoms with E-state index in [1.807, 2.05) is 6.92 Å². The molecule has 2 aromatic carbocycles. The van der Waals surface area contributed by atoms with Crippen LogP contribution in [0.15, 0.2) is 48.5 Å². The summed E-state index contributed by atoms with van der Waals surface area (Å²) in [6.07, 6.45) is -4.61. The second-order valence-corrected chi connectivity index (χ2v) is 7.07. The van der Waals surface area contributed by atoms with Gasteiger partial charge in [0.1, 0.15) is 5.75 Å². The second-order valence-electron chi connectivity index (χ2n) is 7.07. The SMILES string of the molecule is CCOc1ccc(N2C[C@@H](C(=O)OCC(=O)Nc3cccc(C(F)(F)F)c3)CC2=O)cc1. The first kappa shape index (κ1) is 23.1. The second kappa shape index (κ2) is 9.71. The topological polar surface area (TPSA) is 84.9 Å². The third-order valence-electron chi connectivity index (χ3n) is 4.74. The van der Waals surface area contributed by atoms with Crippen LogP contribution >= 0.6 is 0 Å². The van der Waals surface area contributed by atoms with Crippen LogP contribution in [-0.4, -0.2) is 37.5 Å². The maximum Gasteiger partial charge on any atom is 0.416 e. The Kier molecular flexibility index (Phi) is 7.01. The summed E-state index contributed by atoms with van der Waals surface area (Å²) in [6.45, 7) is 1.79. The fourth-order valence-corrected chi connectivity index (χ4v) is 3.23. The molecule has 1 N–H and O–H groups in total. The normalized spacial score (nSPS) is 16.1. The van der Waals surface area contributed by atoms with Gasteiger partial charge >= 0.3 is 12.1 Å². The van der Waals surface area contributed by atoms with Gasteiger partial charge in [0.05, 0.1) is 18.1 Å². The molecule has 2 aromatic rings. The monoisotopic (exact) mass is 450 g/mol. The van der Waals surface area contributed by atoms with Crippen molar-refractivity contribution in [3.05, 3.63) is 54.1 Å². The highest BCUT2D eigenvalue weighted by Gasteiger charge is 2.36. The number of hydrogen-bond donors (Lipinski definition) is 1. The molecule has 0 aliphatic carbocycles. The number of rotatable bonds is 7. The number of esters is 1. The predicted molar refractivity (Wildman–Crippen MR) is 109 cm³/mol. The van der Waals surface area contributed by atoms with Gasteiger partial charge in [-0.2, -0.15) is 13.2 Å². The van der Waals surface area contributed by atoms with E-state index in [-0.39, 0.29) is 24.6 Å². The Bertz CT molecular complexity index is 992. The van der Waals surface area contributed by atoms with Gasteiger partial charge in [0.2, 0.25) is 5.91 Å². The number of hydrogen-bond acceptors (Lipinski definition) is 5. The Morgan fingerprint density at radius 2 is 1.88 bits per heavy atom. The highest BCUT2D eigenvalue weighted by molar-refractivity contribution is 6.00. The zero-order valence-corrected chi connectivity index (χ0v) is 17.1. The van der Waals surface area contributed by atoms with Gasteiger partial charge in [0.25, 0.3) is 5.91 Å². The summed E-state index contributed by atoms with van der Waals surface area (Å²) in [7, 11) is 0. The number of carbonyl (C=O) groups is 3. The minimum Gasteiger partial charge on any atom is -0.494 e. The lowest BCUT2D eigenvalue weighted by Crippen LogP contribution is -2.28. The van der Waals surface area contributed by atoms with Crippen molar-refractivity contribution in [2.75, 3.05) is 30.0 Å². The first-order chi connectivity index (χ1) is 15.2. The lowest BCUT2D eigenvalue weighted by molar-refractivity contribution is -0.151. The van der Waals surface area contributed by atoms with Gasteiger partial charge in [-0.1, -0.05) is 6.07 Å². The highest BCUT2D eigenvalue weighted by atomic mass is 19.4. The molecule has 1 fully saturated rings. The molecule has 170 valence electrons. The highest BCUT2D eigenvalue weighted by Crippen LogP contribution is 2.31. The van der Waals surface area contributed by atoms with E-state index < -0.39 is 36.1 Å². The van der Waals surface area contributed by atoms with Crippen molar-refractivity contribution in [2.24, 2.45) is 5.92 Å². The first-order valence-corrected chi connectivity index (χ1v) is 9.84. The van der Waals surface area contributed by atoms with Gasteiger partial charge in [-0.3, -0.25) is 14.4 Å². The summed E-state index contributed by atoms with van der Waals surface area (Å²) in [5, 5.41) is 2.25. The fourth-order valence-electron chi connectivity index (χ4n) is 3.23. The quantitative estimate of drug-likeness (QED) is 0.651. The molecular weight excluding hydrogens is 429 g/mol. The molecule has 1 aliphatic rings. The molecule has 3 rings (SSSR count). The van der Waals surface area contributed by atoms with Crippen LogP contribution in [0.5, 0.6) is 5.75 Å². The van der Waals surface area contributed by atoms with Crippen molar-refractivity contribution in [1.29, 1.82) is 0 Å². The Morgan fingerprint density at radius 3 is 2.53 bits per heavy atom. The van der Waals surface area contributed by atoms with E-state index in [1.165, 1.54) is 11.0 Å². The van der Waals surface area contributed by atoms with Crippen LogP contribution in [0.1, 0.15) is 18.9 Å². The number of nitrogens with one attached hydrogen (secondary N) is 1. The van der Waals surface area contributed by atoms with Gasteiger partial charge in [0, 0.05) is 24.3 Å². The lowest BCUT2D eigenvalue weighted by Gasteiger charge is -2.17. The third-order valence-corrected chi connectivity index (χ3v) is 4.74. The minimum atomic E-state index is -4.54. The van der Waals surface area contributed by atoms with Crippen LogP contribution in [0.3, 0.4) is 0 Å². The van der Waals surface area contributed by atoms with Gasteiger partial charge in [-0.25, -0.2) is 0 Å².